The van der Waals surface area contributed by atoms with E-state index in [4.69, 9.17) is 5.26 Å². The summed E-state index contributed by atoms with van der Waals surface area (Å²) in [6, 6.07) is 7.74. The van der Waals surface area contributed by atoms with E-state index in [-0.39, 0.29) is 0 Å². The molecule has 114 valence electrons. The zero-order chi connectivity index (χ0) is 15.4. The van der Waals surface area contributed by atoms with E-state index in [0.717, 1.165) is 44.0 Å². The summed E-state index contributed by atoms with van der Waals surface area (Å²) in [6.07, 6.45) is -0.513. The van der Waals surface area contributed by atoms with Gasteiger partial charge < -0.3 is 10.0 Å². The largest absolute Gasteiger partial charge is 0.389 e. The van der Waals surface area contributed by atoms with Crippen molar-refractivity contribution in [2.75, 3.05) is 37.6 Å². The van der Waals surface area contributed by atoms with Gasteiger partial charge in [0, 0.05) is 44.0 Å². The number of hydrogen-bond donors (Lipinski definition) is 1. The van der Waals surface area contributed by atoms with Crippen molar-refractivity contribution in [3.63, 3.8) is 0 Å². The summed E-state index contributed by atoms with van der Waals surface area (Å²) in [5, 5.41) is 19.0. The smallest absolute Gasteiger partial charge is 0.0992 e. The van der Waals surface area contributed by atoms with Gasteiger partial charge in [0.2, 0.25) is 0 Å². The number of nitriles is 1. The number of aliphatic hydroxyl groups is 1. The van der Waals surface area contributed by atoms with Crippen LogP contribution in [0.1, 0.15) is 38.0 Å². The van der Waals surface area contributed by atoms with Gasteiger partial charge in [-0.05, 0) is 25.0 Å². The van der Waals surface area contributed by atoms with Crippen molar-refractivity contribution in [3.8, 4) is 6.07 Å². The van der Waals surface area contributed by atoms with E-state index in [1.54, 1.807) is 13.0 Å². The monoisotopic (exact) mass is 287 g/mol. The predicted octanol–water partition coefficient (Wildman–Crippen LogP) is 2.39. The molecule has 21 heavy (non-hydrogen) atoms. The van der Waals surface area contributed by atoms with E-state index in [1.165, 1.54) is 0 Å². The van der Waals surface area contributed by atoms with E-state index >= 15 is 0 Å². The fourth-order valence-corrected chi connectivity index (χ4v) is 2.93. The molecular formula is C17H25N3O. The van der Waals surface area contributed by atoms with Gasteiger partial charge in [0.1, 0.15) is 0 Å². The van der Waals surface area contributed by atoms with Gasteiger partial charge in [-0.1, -0.05) is 19.9 Å². The average Bonchev–Trinajstić information content (AvgIpc) is 2.46. The summed E-state index contributed by atoms with van der Waals surface area (Å²) in [5.41, 5.74) is 2.57. The molecule has 1 aromatic carbocycles. The highest BCUT2D eigenvalue weighted by Crippen LogP contribution is 2.28. The summed E-state index contributed by atoms with van der Waals surface area (Å²) in [6.45, 7) is 11.4. The molecule has 0 radical (unpaired) electrons. The number of benzene rings is 1. The molecule has 1 saturated heterocycles. The third-order valence-electron chi connectivity index (χ3n) is 3.95. The molecule has 0 spiro atoms. The second kappa shape index (κ2) is 6.93. The van der Waals surface area contributed by atoms with Crippen molar-refractivity contribution >= 4 is 5.69 Å². The number of piperazine rings is 1. The Hall–Kier alpha value is -1.57. The third-order valence-corrected chi connectivity index (χ3v) is 3.95. The molecule has 0 amide bonds. The predicted molar refractivity (Wildman–Crippen MR) is 85.3 cm³/mol. The molecule has 2 rings (SSSR count). The summed E-state index contributed by atoms with van der Waals surface area (Å²) < 4.78 is 0. The molecule has 1 aliphatic heterocycles. The standard InChI is InChI=1S/C17H25N3O/c1-13(2)12-19-6-8-20(9-7-19)17-10-15(11-18)4-5-16(17)14(3)21/h4-5,10,13-14,21H,6-9,12H2,1-3H3/t14-/m1/s1. The molecule has 0 bridgehead atoms. The Bertz CT molecular complexity index is 511. The van der Waals surface area contributed by atoms with E-state index in [0.29, 0.717) is 11.5 Å². The maximum absolute atomic E-state index is 9.95. The van der Waals surface area contributed by atoms with Crippen LogP contribution in [0.3, 0.4) is 0 Å². The normalized spacial score (nSPS) is 17.8. The van der Waals surface area contributed by atoms with Crippen molar-refractivity contribution in [1.82, 2.24) is 4.90 Å². The van der Waals surface area contributed by atoms with Crippen LogP contribution < -0.4 is 4.90 Å². The van der Waals surface area contributed by atoms with Gasteiger partial charge in [-0.3, -0.25) is 4.90 Å². The number of hydrogen-bond acceptors (Lipinski definition) is 4. The molecule has 1 aromatic rings. The molecule has 0 aliphatic carbocycles. The lowest BCUT2D eigenvalue weighted by atomic mass is 10.0. The highest BCUT2D eigenvalue weighted by Gasteiger charge is 2.21. The Morgan fingerprint density at radius 2 is 1.86 bits per heavy atom. The second-order valence-electron chi connectivity index (χ2n) is 6.24. The highest BCUT2D eigenvalue weighted by atomic mass is 16.3. The SMILES string of the molecule is CC(C)CN1CCN(c2cc(C#N)ccc2[C@@H](C)O)CC1. The minimum Gasteiger partial charge on any atom is -0.389 e. The maximum Gasteiger partial charge on any atom is 0.0992 e. The van der Waals surface area contributed by atoms with Crippen LogP contribution >= 0.6 is 0 Å². The van der Waals surface area contributed by atoms with Gasteiger partial charge in [0.15, 0.2) is 0 Å². The van der Waals surface area contributed by atoms with Gasteiger partial charge in [-0.25, -0.2) is 0 Å². The minimum absolute atomic E-state index is 0.513. The van der Waals surface area contributed by atoms with Crippen molar-refractivity contribution in [2.24, 2.45) is 5.92 Å². The van der Waals surface area contributed by atoms with E-state index < -0.39 is 6.10 Å². The molecule has 0 saturated carbocycles. The van der Waals surface area contributed by atoms with Crippen LogP contribution in [0, 0.1) is 17.2 Å². The molecule has 1 aliphatic rings. The lowest BCUT2D eigenvalue weighted by molar-refractivity contribution is 0.198. The molecule has 0 aromatic heterocycles. The summed E-state index contributed by atoms with van der Waals surface area (Å²) >= 11 is 0. The third kappa shape index (κ3) is 3.96. The van der Waals surface area contributed by atoms with Crippen LogP contribution in [0.4, 0.5) is 5.69 Å². The first-order valence-corrected chi connectivity index (χ1v) is 7.70. The van der Waals surface area contributed by atoms with Crippen molar-refractivity contribution in [1.29, 1.82) is 5.26 Å². The molecule has 1 heterocycles. The zero-order valence-corrected chi connectivity index (χ0v) is 13.2. The second-order valence-corrected chi connectivity index (χ2v) is 6.24. The topological polar surface area (TPSA) is 50.5 Å². The molecule has 1 atom stereocenters. The Balaban J connectivity index is 2.14. The van der Waals surface area contributed by atoms with Crippen LogP contribution in [-0.2, 0) is 0 Å². The average molecular weight is 287 g/mol. The van der Waals surface area contributed by atoms with Crippen molar-refractivity contribution in [3.05, 3.63) is 29.3 Å². The number of anilines is 1. The van der Waals surface area contributed by atoms with Crippen LogP contribution in [-0.4, -0.2) is 42.7 Å². The van der Waals surface area contributed by atoms with Crippen LogP contribution in [0.15, 0.2) is 18.2 Å². The number of aliphatic hydroxyl groups excluding tert-OH is 1. The molecule has 4 nitrogen and oxygen atoms in total. The lowest BCUT2D eigenvalue weighted by Crippen LogP contribution is -2.47. The van der Waals surface area contributed by atoms with E-state index in [9.17, 15) is 5.11 Å². The molecular weight excluding hydrogens is 262 g/mol. The molecule has 1 N–H and O–H groups in total. The Labute approximate surface area is 127 Å². The minimum atomic E-state index is -0.513. The number of rotatable bonds is 4. The fraction of sp³-hybridized carbons (Fsp3) is 0.588. The summed E-state index contributed by atoms with van der Waals surface area (Å²) in [5.74, 6) is 0.687. The van der Waals surface area contributed by atoms with Crippen LogP contribution in [0.2, 0.25) is 0 Å². The number of nitrogens with zero attached hydrogens (tertiary/aromatic N) is 3. The van der Waals surface area contributed by atoms with Gasteiger partial charge in [-0.15, -0.1) is 0 Å². The summed E-state index contributed by atoms with van der Waals surface area (Å²) in [7, 11) is 0. The summed E-state index contributed by atoms with van der Waals surface area (Å²) in [4.78, 5) is 4.77. The molecule has 1 fully saturated rings. The Kier molecular flexibility index (Phi) is 5.22. The van der Waals surface area contributed by atoms with Crippen LogP contribution in [0.5, 0.6) is 0 Å². The zero-order valence-electron chi connectivity index (χ0n) is 13.2. The van der Waals surface area contributed by atoms with Gasteiger partial charge in [0.05, 0.1) is 17.7 Å². The first-order valence-electron chi connectivity index (χ1n) is 7.70. The van der Waals surface area contributed by atoms with Gasteiger partial charge in [-0.2, -0.15) is 5.26 Å². The van der Waals surface area contributed by atoms with E-state index in [1.807, 2.05) is 12.1 Å². The Morgan fingerprint density at radius 3 is 2.38 bits per heavy atom. The lowest BCUT2D eigenvalue weighted by Gasteiger charge is -2.38. The Morgan fingerprint density at radius 1 is 1.19 bits per heavy atom. The van der Waals surface area contributed by atoms with Gasteiger partial charge in [0.25, 0.3) is 0 Å². The maximum atomic E-state index is 9.95. The highest BCUT2D eigenvalue weighted by molar-refractivity contribution is 5.58. The molecule has 4 heteroatoms. The molecule has 0 unspecified atom stereocenters. The van der Waals surface area contributed by atoms with Crippen LogP contribution in [0.25, 0.3) is 0 Å². The van der Waals surface area contributed by atoms with E-state index in [2.05, 4.69) is 29.7 Å². The van der Waals surface area contributed by atoms with Crippen molar-refractivity contribution in [2.45, 2.75) is 26.9 Å². The van der Waals surface area contributed by atoms with Crippen molar-refractivity contribution < 1.29 is 5.11 Å². The fourth-order valence-electron chi connectivity index (χ4n) is 2.93. The first-order chi connectivity index (χ1) is 10.0. The quantitative estimate of drug-likeness (QED) is 0.924. The van der Waals surface area contributed by atoms with Gasteiger partial charge >= 0.3 is 0 Å². The first kappa shape index (κ1) is 15.8.